The van der Waals surface area contributed by atoms with E-state index in [1.54, 1.807) is 6.20 Å². The van der Waals surface area contributed by atoms with Crippen molar-refractivity contribution in [3.63, 3.8) is 0 Å². The SMILES string of the molecule is CN1CCC(Oc2ccnc(-c3nc4c(c(N(C)CC(=O)NC(C)(C)C)n3)CCC4)c2)C1. The zero-order valence-electron chi connectivity index (χ0n) is 19.8. The van der Waals surface area contributed by atoms with Gasteiger partial charge in [0.05, 0.1) is 6.54 Å². The molecule has 0 spiro atoms. The summed E-state index contributed by atoms with van der Waals surface area (Å²) in [5.41, 5.74) is 2.62. The molecule has 1 N–H and O–H groups in total. The lowest BCUT2D eigenvalue weighted by atomic mass is 10.1. The third-order valence-corrected chi connectivity index (χ3v) is 5.78. The Bertz CT molecular complexity index is 987. The molecule has 1 saturated heterocycles. The third kappa shape index (κ3) is 5.35. The lowest BCUT2D eigenvalue weighted by Crippen LogP contribution is -2.45. The van der Waals surface area contributed by atoms with Crippen LogP contribution in [0, 0.1) is 0 Å². The van der Waals surface area contributed by atoms with Crippen molar-refractivity contribution in [3.8, 4) is 17.3 Å². The van der Waals surface area contributed by atoms with E-state index in [1.807, 2.05) is 44.9 Å². The van der Waals surface area contributed by atoms with Gasteiger partial charge in [-0.3, -0.25) is 9.78 Å². The maximum absolute atomic E-state index is 12.5. The molecule has 8 heteroatoms. The van der Waals surface area contributed by atoms with E-state index in [0.29, 0.717) is 11.5 Å². The van der Waals surface area contributed by atoms with Gasteiger partial charge < -0.3 is 19.9 Å². The van der Waals surface area contributed by atoms with E-state index in [2.05, 4.69) is 22.2 Å². The van der Waals surface area contributed by atoms with Crippen LogP contribution in [0.4, 0.5) is 5.82 Å². The van der Waals surface area contributed by atoms with Gasteiger partial charge in [0.2, 0.25) is 5.91 Å². The number of hydrogen-bond donors (Lipinski definition) is 1. The topological polar surface area (TPSA) is 83.5 Å². The van der Waals surface area contributed by atoms with Crippen molar-refractivity contribution in [2.45, 2.75) is 58.1 Å². The molecule has 172 valence electrons. The zero-order valence-corrected chi connectivity index (χ0v) is 19.8. The number of pyridine rings is 1. The Kier molecular flexibility index (Phi) is 6.33. The molecular weight excluding hydrogens is 404 g/mol. The Labute approximate surface area is 190 Å². The van der Waals surface area contributed by atoms with Gasteiger partial charge in [-0.25, -0.2) is 9.97 Å². The van der Waals surface area contributed by atoms with Crippen LogP contribution in [0.1, 0.15) is 44.9 Å². The van der Waals surface area contributed by atoms with Crippen LogP contribution in [0.3, 0.4) is 0 Å². The van der Waals surface area contributed by atoms with Gasteiger partial charge >= 0.3 is 0 Å². The number of nitrogens with zero attached hydrogens (tertiary/aromatic N) is 5. The van der Waals surface area contributed by atoms with Crippen molar-refractivity contribution in [1.82, 2.24) is 25.2 Å². The lowest BCUT2D eigenvalue weighted by Gasteiger charge is -2.25. The molecule has 2 aliphatic rings. The summed E-state index contributed by atoms with van der Waals surface area (Å²) in [7, 11) is 4.02. The van der Waals surface area contributed by atoms with E-state index in [-0.39, 0.29) is 24.1 Å². The van der Waals surface area contributed by atoms with E-state index in [0.717, 1.165) is 61.6 Å². The average Bonchev–Trinajstić information content (AvgIpc) is 3.34. The molecule has 1 unspecified atom stereocenters. The van der Waals surface area contributed by atoms with Gasteiger partial charge in [0.1, 0.15) is 23.4 Å². The van der Waals surface area contributed by atoms with E-state index in [1.165, 1.54) is 0 Å². The summed E-state index contributed by atoms with van der Waals surface area (Å²) in [5, 5.41) is 3.02. The standard InChI is InChI=1S/C24H34N6O2/c1-24(2,3)28-21(31)15-30(5)23-18-7-6-8-19(18)26-22(27-23)20-13-16(9-11-25-20)32-17-10-12-29(4)14-17/h9,11,13,17H,6-8,10,12,14-15H2,1-5H3,(H,28,31). The first-order valence-electron chi connectivity index (χ1n) is 11.4. The minimum atomic E-state index is -0.269. The van der Waals surface area contributed by atoms with Gasteiger partial charge in [-0.15, -0.1) is 0 Å². The maximum atomic E-state index is 12.5. The number of likely N-dealkylation sites (tertiary alicyclic amines) is 1. The normalized spacial score (nSPS) is 18.5. The molecule has 1 aliphatic heterocycles. The molecule has 1 amide bonds. The molecule has 0 bridgehead atoms. The molecule has 1 aliphatic carbocycles. The Morgan fingerprint density at radius 3 is 2.84 bits per heavy atom. The summed E-state index contributed by atoms with van der Waals surface area (Å²) >= 11 is 0. The molecule has 2 aromatic rings. The lowest BCUT2D eigenvalue weighted by molar-refractivity contribution is -0.121. The largest absolute Gasteiger partial charge is 0.489 e. The summed E-state index contributed by atoms with van der Waals surface area (Å²) < 4.78 is 6.18. The van der Waals surface area contributed by atoms with Crippen LogP contribution in [-0.2, 0) is 17.6 Å². The minimum Gasteiger partial charge on any atom is -0.489 e. The van der Waals surface area contributed by atoms with E-state index >= 15 is 0 Å². The molecule has 0 radical (unpaired) electrons. The molecule has 3 heterocycles. The predicted octanol–water partition coefficient (Wildman–Crippen LogP) is 2.46. The smallest absolute Gasteiger partial charge is 0.239 e. The third-order valence-electron chi connectivity index (χ3n) is 5.78. The molecule has 2 aromatic heterocycles. The highest BCUT2D eigenvalue weighted by molar-refractivity contribution is 5.82. The Morgan fingerprint density at radius 1 is 1.31 bits per heavy atom. The number of anilines is 1. The number of hydrogen-bond acceptors (Lipinski definition) is 7. The van der Waals surface area contributed by atoms with Gasteiger partial charge in [0.15, 0.2) is 5.82 Å². The number of carbonyl (C=O) groups excluding carboxylic acids is 1. The number of amides is 1. The number of rotatable bonds is 6. The van der Waals surface area contributed by atoms with Crippen LogP contribution in [-0.4, -0.2) is 71.1 Å². The molecule has 0 aromatic carbocycles. The van der Waals surface area contributed by atoms with Crippen LogP contribution in [0.5, 0.6) is 5.75 Å². The molecular formula is C24H34N6O2. The molecule has 1 atom stereocenters. The van der Waals surface area contributed by atoms with Crippen molar-refractivity contribution in [2.75, 3.05) is 38.6 Å². The maximum Gasteiger partial charge on any atom is 0.239 e. The number of aromatic nitrogens is 3. The highest BCUT2D eigenvalue weighted by Gasteiger charge is 2.25. The Balaban J connectivity index is 1.58. The van der Waals surface area contributed by atoms with E-state index in [9.17, 15) is 4.79 Å². The van der Waals surface area contributed by atoms with Crippen LogP contribution < -0.4 is 15.0 Å². The van der Waals surface area contributed by atoms with Crippen molar-refractivity contribution < 1.29 is 9.53 Å². The fraction of sp³-hybridized carbons (Fsp3) is 0.583. The Hall–Kier alpha value is -2.74. The second kappa shape index (κ2) is 9.02. The quantitative estimate of drug-likeness (QED) is 0.742. The highest BCUT2D eigenvalue weighted by atomic mass is 16.5. The minimum absolute atomic E-state index is 0.0260. The van der Waals surface area contributed by atoms with Crippen molar-refractivity contribution in [1.29, 1.82) is 0 Å². The summed E-state index contributed by atoms with van der Waals surface area (Å²) in [6, 6.07) is 3.81. The number of aryl methyl sites for hydroxylation is 1. The van der Waals surface area contributed by atoms with E-state index < -0.39 is 0 Å². The van der Waals surface area contributed by atoms with Crippen molar-refractivity contribution in [3.05, 3.63) is 29.6 Å². The van der Waals surface area contributed by atoms with Crippen LogP contribution in [0.2, 0.25) is 0 Å². The highest BCUT2D eigenvalue weighted by Crippen LogP contribution is 2.31. The van der Waals surface area contributed by atoms with Gasteiger partial charge in [-0.05, 0) is 59.6 Å². The first-order chi connectivity index (χ1) is 15.2. The van der Waals surface area contributed by atoms with Crippen LogP contribution >= 0.6 is 0 Å². The van der Waals surface area contributed by atoms with Crippen molar-refractivity contribution >= 4 is 11.7 Å². The van der Waals surface area contributed by atoms with E-state index in [4.69, 9.17) is 14.7 Å². The number of ether oxygens (including phenoxy) is 1. The number of likely N-dealkylation sites (N-methyl/N-ethyl adjacent to an activating group) is 2. The molecule has 4 rings (SSSR count). The van der Waals surface area contributed by atoms with Gasteiger partial charge in [-0.1, -0.05) is 0 Å². The fourth-order valence-electron chi connectivity index (χ4n) is 4.38. The Morgan fingerprint density at radius 2 is 2.12 bits per heavy atom. The zero-order chi connectivity index (χ0) is 22.9. The second-order valence-corrected chi connectivity index (χ2v) is 9.97. The van der Waals surface area contributed by atoms with Crippen LogP contribution in [0.15, 0.2) is 18.3 Å². The fourth-order valence-corrected chi connectivity index (χ4v) is 4.38. The van der Waals surface area contributed by atoms with Crippen molar-refractivity contribution in [2.24, 2.45) is 0 Å². The molecule has 1 fully saturated rings. The summed E-state index contributed by atoms with van der Waals surface area (Å²) in [6.07, 6.45) is 5.87. The number of fused-ring (bicyclic) bond motifs is 1. The average molecular weight is 439 g/mol. The summed E-state index contributed by atoms with van der Waals surface area (Å²) in [5.74, 6) is 2.16. The number of carbonyl (C=O) groups is 1. The molecule has 8 nitrogen and oxygen atoms in total. The number of nitrogens with one attached hydrogen (secondary N) is 1. The monoisotopic (exact) mass is 438 g/mol. The van der Waals surface area contributed by atoms with Crippen LogP contribution in [0.25, 0.3) is 11.5 Å². The first-order valence-corrected chi connectivity index (χ1v) is 11.4. The van der Waals surface area contributed by atoms with Gasteiger partial charge in [-0.2, -0.15) is 0 Å². The first kappa shape index (κ1) is 22.5. The van der Waals surface area contributed by atoms with Gasteiger partial charge in [0.25, 0.3) is 0 Å². The second-order valence-electron chi connectivity index (χ2n) is 9.97. The summed E-state index contributed by atoms with van der Waals surface area (Å²) in [4.78, 5) is 30.9. The summed E-state index contributed by atoms with van der Waals surface area (Å²) in [6.45, 7) is 8.17. The van der Waals surface area contributed by atoms with Gasteiger partial charge in [0, 0.05) is 49.2 Å². The predicted molar refractivity (Wildman–Crippen MR) is 125 cm³/mol. The molecule has 32 heavy (non-hydrogen) atoms. The molecule has 0 saturated carbocycles.